The molecule has 15 heteroatoms. The number of aromatic nitrogens is 5. The highest BCUT2D eigenvalue weighted by molar-refractivity contribution is 7.93. The van der Waals surface area contributed by atoms with Crippen molar-refractivity contribution in [1.29, 1.82) is 0 Å². The predicted octanol–water partition coefficient (Wildman–Crippen LogP) is 5.49. The van der Waals surface area contributed by atoms with Crippen LogP contribution in [0.2, 0.25) is 0 Å². The average molecular weight is 667 g/mol. The second-order valence-electron chi connectivity index (χ2n) is 12.2. The predicted molar refractivity (Wildman–Crippen MR) is 172 cm³/mol. The summed E-state index contributed by atoms with van der Waals surface area (Å²) in [4.78, 5) is 4.48. The van der Waals surface area contributed by atoms with E-state index in [-0.39, 0.29) is 17.3 Å². The van der Waals surface area contributed by atoms with Gasteiger partial charge in [0.25, 0.3) is 10.0 Å². The Balaban J connectivity index is 1.27. The van der Waals surface area contributed by atoms with Crippen molar-refractivity contribution in [3.8, 4) is 28.1 Å². The first-order valence-electron chi connectivity index (χ1n) is 15.2. The van der Waals surface area contributed by atoms with Gasteiger partial charge in [0.15, 0.2) is 0 Å². The summed E-state index contributed by atoms with van der Waals surface area (Å²) in [5, 5.41) is 13.5. The second-order valence-corrected chi connectivity index (χ2v) is 13.8. The Morgan fingerprint density at radius 2 is 1.79 bits per heavy atom. The molecule has 11 nitrogen and oxygen atoms in total. The first kappa shape index (κ1) is 31.0. The molecule has 246 valence electrons. The molecular weight excluding hydrogens is 633 g/mol. The molecule has 3 aromatic heterocycles. The van der Waals surface area contributed by atoms with Crippen molar-refractivity contribution < 1.29 is 26.3 Å². The zero-order valence-electron chi connectivity index (χ0n) is 25.6. The highest BCUT2D eigenvalue weighted by atomic mass is 32.2. The van der Waals surface area contributed by atoms with Gasteiger partial charge in [-0.1, -0.05) is 18.2 Å². The van der Waals surface area contributed by atoms with E-state index in [2.05, 4.69) is 10.3 Å². The molecule has 1 aliphatic carbocycles. The van der Waals surface area contributed by atoms with Crippen molar-refractivity contribution in [2.24, 2.45) is 18.9 Å². The molecule has 5 aromatic rings. The second kappa shape index (κ2) is 11.9. The lowest BCUT2D eigenvalue weighted by Gasteiger charge is -2.19. The van der Waals surface area contributed by atoms with Gasteiger partial charge in [-0.05, 0) is 74.5 Å². The number of nitrogens with zero attached hydrogens (tertiary/aromatic N) is 5. The van der Waals surface area contributed by atoms with Gasteiger partial charge in [-0.3, -0.25) is 14.1 Å². The lowest BCUT2D eigenvalue weighted by atomic mass is 10.0. The number of hydrogen-bond donors (Lipinski definition) is 3. The molecule has 0 bridgehead atoms. The Labute approximate surface area is 269 Å². The zero-order valence-corrected chi connectivity index (χ0v) is 26.4. The third-order valence-corrected chi connectivity index (χ3v) is 10.2. The summed E-state index contributed by atoms with van der Waals surface area (Å²) >= 11 is 0. The third-order valence-electron chi connectivity index (χ3n) is 9.19. The number of nitrogens with two attached hydrogens (primary N) is 1. The number of ether oxygens (including phenoxy) is 1. The Morgan fingerprint density at radius 1 is 1.06 bits per heavy atom. The van der Waals surface area contributed by atoms with Crippen LogP contribution in [0.25, 0.3) is 33.3 Å². The first-order chi connectivity index (χ1) is 22.5. The van der Waals surface area contributed by atoms with E-state index in [9.17, 15) is 21.6 Å². The Morgan fingerprint density at radius 3 is 2.49 bits per heavy atom. The van der Waals surface area contributed by atoms with Gasteiger partial charge in [0.05, 0.1) is 28.8 Å². The van der Waals surface area contributed by atoms with Gasteiger partial charge in [0.2, 0.25) is 0 Å². The van der Waals surface area contributed by atoms with E-state index in [1.807, 2.05) is 21.8 Å². The third kappa shape index (κ3) is 5.78. The number of pyridine rings is 1. The molecule has 0 spiro atoms. The number of sulfonamides is 1. The van der Waals surface area contributed by atoms with Gasteiger partial charge in [0.1, 0.15) is 29.2 Å². The van der Waals surface area contributed by atoms with E-state index in [4.69, 9.17) is 20.7 Å². The number of nitrogen functional groups attached to an aromatic ring is 1. The number of aryl methyl sites for hydroxylation is 1. The minimum absolute atomic E-state index is 0.0390. The summed E-state index contributed by atoms with van der Waals surface area (Å²) in [5.41, 5.74) is 10.1. The molecule has 1 unspecified atom stereocenters. The van der Waals surface area contributed by atoms with Crippen molar-refractivity contribution in [1.82, 2.24) is 29.9 Å². The van der Waals surface area contributed by atoms with Crippen LogP contribution in [-0.2, 0) is 17.1 Å². The van der Waals surface area contributed by atoms with Gasteiger partial charge >= 0.3 is 5.76 Å². The minimum Gasteiger partial charge on any atom is -0.484 e. The number of benzene rings is 2. The van der Waals surface area contributed by atoms with Crippen LogP contribution in [0.3, 0.4) is 0 Å². The number of rotatable bonds is 9. The normalized spacial score (nSPS) is 20.2. The maximum Gasteiger partial charge on any atom is 0.355 e. The highest BCUT2D eigenvalue weighted by Crippen LogP contribution is 2.43. The molecule has 1 saturated heterocycles. The van der Waals surface area contributed by atoms with Crippen molar-refractivity contribution >= 4 is 32.4 Å². The quantitative estimate of drug-likeness (QED) is 0.187. The van der Waals surface area contributed by atoms with Gasteiger partial charge in [-0.2, -0.15) is 19.0 Å². The van der Waals surface area contributed by atoms with Crippen LogP contribution < -0.4 is 20.5 Å². The summed E-state index contributed by atoms with van der Waals surface area (Å²) < 4.78 is 76.1. The van der Waals surface area contributed by atoms with Crippen molar-refractivity contribution in [3.63, 3.8) is 0 Å². The zero-order chi connectivity index (χ0) is 33.0. The van der Waals surface area contributed by atoms with Gasteiger partial charge in [-0.25, -0.2) is 17.8 Å². The Hall–Kier alpha value is -4.63. The molecule has 4 atom stereocenters. The van der Waals surface area contributed by atoms with E-state index in [0.717, 1.165) is 37.1 Å². The number of halogens is 3. The molecular formula is C32H33F3N8O3S. The molecule has 7 rings (SSSR count). The molecule has 1 aliphatic heterocycles. The van der Waals surface area contributed by atoms with Crippen LogP contribution in [0, 0.1) is 17.7 Å². The maximum atomic E-state index is 13.5. The van der Waals surface area contributed by atoms with E-state index in [0.29, 0.717) is 45.6 Å². The van der Waals surface area contributed by atoms with Crippen molar-refractivity contribution in [2.75, 3.05) is 23.5 Å². The van der Waals surface area contributed by atoms with Gasteiger partial charge < -0.3 is 15.8 Å². The largest absolute Gasteiger partial charge is 0.484 e. The minimum atomic E-state index is -5.01. The molecule has 47 heavy (non-hydrogen) atoms. The number of fused-ring (bicyclic) bond motifs is 2. The molecule has 4 heterocycles. The lowest BCUT2D eigenvalue weighted by Crippen LogP contribution is -2.21. The SMILES string of the molecule is C[C@H](Oc1cc(-c2nn(C)c3c(-c4cnn(C5C[C@H]6CNC[C@H]6C5)c4)cnc(N)c23)ccc1NS(=O)(=O)C(F)F)c1ccc(F)cc1. The standard InChI is InChI=1S/C32H33F3N8O3S/c1-17(18-3-6-23(33)7-4-18)46-27-11-19(5-8-26(27)41-47(44,45)32(34)35)29-28-30(42(2)40-29)25(15-38-31(28)36)22-14-39-43(16-22)24-9-20-12-37-13-21(20)10-24/h3-8,11,14-17,20-21,24,32,37,41H,9-10,12-13H2,1-2H3,(H2,36,38)/t17-,20-,21+,24?/m0/s1. The van der Waals surface area contributed by atoms with Crippen LogP contribution in [0.4, 0.5) is 24.7 Å². The molecule has 2 fully saturated rings. The summed E-state index contributed by atoms with van der Waals surface area (Å²) in [6.45, 7) is 3.77. The molecule has 2 aliphatic rings. The van der Waals surface area contributed by atoms with Gasteiger partial charge in [-0.15, -0.1) is 0 Å². The number of alkyl halides is 2. The summed E-state index contributed by atoms with van der Waals surface area (Å²) in [7, 11) is -3.23. The molecule has 0 amide bonds. The number of hydrogen-bond acceptors (Lipinski definition) is 8. The molecule has 4 N–H and O–H groups in total. The first-order valence-corrected chi connectivity index (χ1v) is 16.8. The van der Waals surface area contributed by atoms with Crippen molar-refractivity contribution in [3.05, 3.63) is 72.4 Å². The fraction of sp³-hybridized carbons (Fsp3) is 0.344. The smallest absolute Gasteiger partial charge is 0.355 e. The number of anilines is 2. The lowest BCUT2D eigenvalue weighted by molar-refractivity contribution is 0.228. The highest BCUT2D eigenvalue weighted by Gasteiger charge is 2.38. The maximum absolute atomic E-state index is 13.5. The van der Waals surface area contributed by atoms with Crippen LogP contribution in [-0.4, -0.2) is 51.8 Å². The monoisotopic (exact) mass is 666 g/mol. The topological polar surface area (TPSA) is 142 Å². The van der Waals surface area contributed by atoms with E-state index in [1.54, 1.807) is 24.9 Å². The van der Waals surface area contributed by atoms with E-state index >= 15 is 0 Å². The van der Waals surface area contributed by atoms with Crippen LogP contribution >= 0.6 is 0 Å². The van der Waals surface area contributed by atoms with E-state index in [1.165, 1.54) is 42.5 Å². The Bertz CT molecular complexity index is 2050. The molecule has 1 saturated carbocycles. The fourth-order valence-corrected chi connectivity index (χ4v) is 7.38. The van der Waals surface area contributed by atoms with E-state index < -0.39 is 27.7 Å². The average Bonchev–Trinajstić information content (AvgIpc) is 3.83. The van der Waals surface area contributed by atoms with Gasteiger partial charge in [0, 0.05) is 36.1 Å². The number of nitrogens with one attached hydrogen (secondary N) is 2. The molecule has 0 radical (unpaired) electrons. The van der Waals surface area contributed by atoms with Crippen LogP contribution in [0.5, 0.6) is 5.75 Å². The van der Waals surface area contributed by atoms with Crippen LogP contribution in [0.1, 0.15) is 37.5 Å². The van der Waals surface area contributed by atoms with Crippen molar-refractivity contribution in [2.45, 2.75) is 37.7 Å². The van der Waals surface area contributed by atoms with Crippen LogP contribution in [0.15, 0.2) is 61.1 Å². The summed E-state index contributed by atoms with van der Waals surface area (Å²) in [6, 6.07) is 10.3. The Kier molecular flexibility index (Phi) is 7.83. The summed E-state index contributed by atoms with van der Waals surface area (Å²) in [5.74, 6) is -2.58. The molecule has 2 aromatic carbocycles. The summed E-state index contributed by atoms with van der Waals surface area (Å²) in [6.07, 6.45) is 7.00. The fourth-order valence-electron chi connectivity index (χ4n) is 6.82.